The van der Waals surface area contributed by atoms with Gasteiger partial charge in [0.25, 0.3) is 0 Å². The third-order valence-electron chi connectivity index (χ3n) is 3.98. The molecule has 0 aliphatic heterocycles. The molecular formula is C14H29N. The second kappa shape index (κ2) is 7.27. The summed E-state index contributed by atoms with van der Waals surface area (Å²) in [6, 6.07) is 0.708. The molecule has 90 valence electrons. The molecule has 0 radical (unpaired) electrons. The van der Waals surface area contributed by atoms with Crippen molar-refractivity contribution in [3.63, 3.8) is 0 Å². The van der Waals surface area contributed by atoms with Gasteiger partial charge >= 0.3 is 0 Å². The Bertz CT molecular complexity index is 147. The Balaban J connectivity index is 1.96. The van der Waals surface area contributed by atoms with E-state index in [1.54, 1.807) is 0 Å². The van der Waals surface area contributed by atoms with Crippen LogP contribution in [0, 0.1) is 5.92 Å². The average Bonchev–Trinajstić information content (AvgIpc) is 2.25. The van der Waals surface area contributed by atoms with Gasteiger partial charge in [-0.05, 0) is 39.8 Å². The Hall–Kier alpha value is -0.0400. The van der Waals surface area contributed by atoms with Gasteiger partial charge in [0.2, 0.25) is 0 Å². The third-order valence-corrected chi connectivity index (χ3v) is 3.98. The maximum absolute atomic E-state index is 2.46. The van der Waals surface area contributed by atoms with Gasteiger partial charge in [0.05, 0.1) is 0 Å². The first kappa shape index (κ1) is 13.0. The number of unbranched alkanes of at least 4 members (excludes halogenated alkanes) is 1. The smallest absolute Gasteiger partial charge is 0.00355 e. The lowest BCUT2D eigenvalue weighted by atomic mass is 9.86. The number of hydrogen-bond donors (Lipinski definition) is 0. The Morgan fingerprint density at radius 2 is 1.73 bits per heavy atom. The van der Waals surface area contributed by atoms with Gasteiger partial charge < -0.3 is 4.90 Å². The van der Waals surface area contributed by atoms with Crippen molar-refractivity contribution in [2.24, 2.45) is 5.92 Å². The summed E-state index contributed by atoms with van der Waals surface area (Å²) < 4.78 is 0. The van der Waals surface area contributed by atoms with E-state index in [0.29, 0.717) is 6.04 Å². The fourth-order valence-electron chi connectivity index (χ4n) is 2.53. The van der Waals surface area contributed by atoms with Crippen molar-refractivity contribution in [1.29, 1.82) is 0 Å². The van der Waals surface area contributed by atoms with Crippen LogP contribution in [-0.2, 0) is 0 Å². The molecule has 1 aliphatic rings. The van der Waals surface area contributed by atoms with Crippen LogP contribution in [0.1, 0.15) is 65.2 Å². The van der Waals surface area contributed by atoms with Crippen LogP contribution in [0.5, 0.6) is 0 Å². The maximum Gasteiger partial charge on any atom is 0.00355 e. The number of nitrogens with zero attached hydrogens (tertiary/aromatic N) is 1. The molecule has 0 saturated heterocycles. The molecule has 0 aromatic rings. The highest BCUT2D eigenvalue weighted by atomic mass is 15.1. The molecule has 15 heavy (non-hydrogen) atoms. The van der Waals surface area contributed by atoms with Crippen molar-refractivity contribution in [3.8, 4) is 0 Å². The summed E-state index contributed by atoms with van der Waals surface area (Å²) in [7, 11) is 2.24. The lowest BCUT2D eigenvalue weighted by molar-refractivity contribution is 0.258. The van der Waals surface area contributed by atoms with Gasteiger partial charge in [-0.15, -0.1) is 0 Å². The van der Waals surface area contributed by atoms with Gasteiger partial charge in [-0.25, -0.2) is 0 Å². The van der Waals surface area contributed by atoms with Crippen molar-refractivity contribution >= 4 is 0 Å². The molecule has 0 heterocycles. The quantitative estimate of drug-likeness (QED) is 0.598. The van der Waals surface area contributed by atoms with Crippen molar-refractivity contribution in [1.82, 2.24) is 4.90 Å². The Morgan fingerprint density at radius 3 is 2.33 bits per heavy atom. The summed E-state index contributed by atoms with van der Waals surface area (Å²) in [6.45, 7) is 5.84. The van der Waals surface area contributed by atoms with Crippen LogP contribution in [0.15, 0.2) is 0 Å². The number of rotatable bonds is 6. The highest BCUT2D eigenvalue weighted by Crippen LogP contribution is 2.27. The molecule has 0 aromatic carbocycles. The van der Waals surface area contributed by atoms with E-state index in [2.05, 4.69) is 25.8 Å². The molecule has 0 atom stereocenters. The van der Waals surface area contributed by atoms with E-state index in [-0.39, 0.29) is 0 Å². The summed E-state index contributed by atoms with van der Waals surface area (Å²) in [6.07, 6.45) is 11.8. The summed E-state index contributed by atoms with van der Waals surface area (Å²) in [5.41, 5.74) is 0. The topological polar surface area (TPSA) is 3.24 Å². The van der Waals surface area contributed by atoms with Gasteiger partial charge in [0, 0.05) is 6.04 Å². The summed E-state index contributed by atoms with van der Waals surface area (Å²) in [5, 5.41) is 0. The molecular weight excluding hydrogens is 182 g/mol. The molecule has 0 spiro atoms. The zero-order valence-corrected chi connectivity index (χ0v) is 11.0. The molecule has 1 rings (SSSR count). The standard InChI is InChI=1S/C14H29N/c1-13(2)15(3)12-8-7-11-14-9-5-4-6-10-14/h13-14H,4-12H2,1-3H3. The van der Waals surface area contributed by atoms with Gasteiger partial charge in [0.1, 0.15) is 0 Å². The molecule has 1 nitrogen and oxygen atoms in total. The zero-order chi connectivity index (χ0) is 11.1. The van der Waals surface area contributed by atoms with E-state index >= 15 is 0 Å². The minimum Gasteiger partial charge on any atom is -0.304 e. The largest absolute Gasteiger partial charge is 0.304 e. The average molecular weight is 211 g/mol. The SMILES string of the molecule is CC(C)N(C)CCCCC1CCCCC1. The molecule has 1 saturated carbocycles. The van der Waals surface area contributed by atoms with E-state index < -0.39 is 0 Å². The Kier molecular flexibility index (Phi) is 6.31. The molecule has 1 fully saturated rings. The van der Waals surface area contributed by atoms with E-state index in [1.807, 2.05) is 0 Å². The maximum atomic E-state index is 2.46. The predicted molar refractivity (Wildman–Crippen MR) is 68.2 cm³/mol. The van der Waals surface area contributed by atoms with E-state index in [0.717, 1.165) is 5.92 Å². The summed E-state index contributed by atoms with van der Waals surface area (Å²) >= 11 is 0. The Labute approximate surface area is 96.2 Å². The van der Waals surface area contributed by atoms with Crippen LogP contribution in [0.3, 0.4) is 0 Å². The van der Waals surface area contributed by atoms with Crippen molar-refractivity contribution in [2.45, 2.75) is 71.3 Å². The second-order valence-corrected chi connectivity index (χ2v) is 5.57. The fraction of sp³-hybridized carbons (Fsp3) is 1.00. The van der Waals surface area contributed by atoms with E-state index in [9.17, 15) is 0 Å². The molecule has 0 bridgehead atoms. The third kappa shape index (κ3) is 5.55. The first-order valence-corrected chi connectivity index (χ1v) is 6.90. The lowest BCUT2D eigenvalue weighted by Crippen LogP contribution is -2.27. The summed E-state index contributed by atoms with van der Waals surface area (Å²) in [4.78, 5) is 2.46. The lowest BCUT2D eigenvalue weighted by Gasteiger charge is -2.23. The zero-order valence-electron chi connectivity index (χ0n) is 11.0. The van der Waals surface area contributed by atoms with Gasteiger partial charge in [-0.2, -0.15) is 0 Å². The molecule has 0 N–H and O–H groups in total. The monoisotopic (exact) mass is 211 g/mol. The van der Waals surface area contributed by atoms with Gasteiger partial charge in [0.15, 0.2) is 0 Å². The molecule has 0 amide bonds. The van der Waals surface area contributed by atoms with Gasteiger partial charge in [-0.3, -0.25) is 0 Å². The van der Waals surface area contributed by atoms with Crippen molar-refractivity contribution < 1.29 is 0 Å². The minimum absolute atomic E-state index is 0.708. The molecule has 0 unspecified atom stereocenters. The molecule has 1 heteroatoms. The van der Waals surface area contributed by atoms with Gasteiger partial charge in [-0.1, -0.05) is 44.9 Å². The van der Waals surface area contributed by atoms with Crippen LogP contribution < -0.4 is 0 Å². The van der Waals surface area contributed by atoms with Crippen LogP contribution >= 0.6 is 0 Å². The minimum atomic E-state index is 0.708. The Morgan fingerprint density at radius 1 is 1.07 bits per heavy atom. The van der Waals surface area contributed by atoms with Crippen LogP contribution in [0.25, 0.3) is 0 Å². The first-order chi connectivity index (χ1) is 7.20. The van der Waals surface area contributed by atoms with Crippen LogP contribution in [0.2, 0.25) is 0 Å². The van der Waals surface area contributed by atoms with Crippen molar-refractivity contribution in [2.75, 3.05) is 13.6 Å². The van der Waals surface area contributed by atoms with Crippen LogP contribution in [-0.4, -0.2) is 24.5 Å². The highest BCUT2D eigenvalue weighted by molar-refractivity contribution is 4.66. The van der Waals surface area contributed by atoms with E-state index in [1.165, 1.54) is 57.9 Å². The molecule has 1 aliphatic carbocycles. The van der Waals surface area contributed by atoms with E-state index in [4.69, 9.17) is 0 Å². The predicted octanol–water partition coefficient (Wildman–Crippen LogP) is 4.08. The van der Waals surface area contributed by atoms with Crippen molar-refractivity contribution in [3.05, 3.63) is 0 Å². The number of hydrogen-bond acceptors (Lipinski definition) is 1. The second-order valence-electron chi connectivity index (χ2n) is 5.57. The first-order valence-electron chi connectivity index (χ1n) is 6.90. The normalized spacial score (nSPS) is 19.0. The fourth-order valence-corrected chi connectivity index (χ4v) is 2.53. The molecule has 0 aromatic heterocycles. The highest BCUT2D eigenvalue weighted by Gasteiger charge is 2.12. The summed E-state index contributed by atoms with van der Waals surface area (Å²) in [5.74, 6) is 1.07. The van der Waals surface area contributed by atoms with Crippen LogP contribution in [0.4, 0.5) is 0 Å².